The molecule has 84 valence electrons. The zero-order chi connectivity index (χ0) is 11.5. The summed E-state index contributed by atoms with van der Waals surface area (Å²) in [6.45, 7) is 0. The highest BCUT2D eigenvalue weighted by atomic mass is 35.5. The second-order valence-electron chi connectivity index (χ2n) is 2.94. The minimum Gasteiger partial charge on any atom is -0.224 e. The van der Waals surface area contributed by atoms with Gasteiger partial charge >= 0.3 is 0 Å². The van der Waals surface area contributed by atoms with Crippen molar-refractivity contribution in [3.63, 3.8) is 0 Å². The number of sulfone groups is 1. The largest absolute Gasteiger partial charge is 0.224 e. The van der Waals surface area contributed by atoms with Crippen molar-refractivity contribution in [1.82, 2.24) is 0 Å². The van der Waals surface area contributed by atoms with E-state index in [2.05, 4.69) is 0 Å². The zero-order valence-corrected chi connectivity index (χ0v) is 10.8. The molecule has 6 heteroatoms. The van der Waals surface area contributed by atoms with E-state index in [1.807, 2.05) is 0 Å². The molecule has 0 fully saturated rings. The highest BCUT2D eigenvalue weighted by Gasteiger charge is 2.17. The average Bonchev–Trinajstić information content (AvgIpc) is 2.18. The lowest BCUT2D eigenvalue weighted by Crippen LogP contribution is -2.07. The van der Waals surface area contributed by atoms with Gasteiger partial charge in [0.15, 0.2) is 9.84 Å². The smallest absolute Gasteiger partial charge is 0.179 e. The summed E-state index contributed by atoms with van der Waals surface area (Å²) in [5.74, 6) is 0.286. The first-order valence-electron chi connectivity index (χ1n) is 4.21. The molecule has 0 aromatic heterocycles. The summed E-state index contributed by atoms with van der Waals surface area (Å²) in [5, 5.41) is 0.540. The minimum absolute atomic E-state index is 0.0173. The number of rotatable bonds is 4. The minimum atomic E-state index is -3.38. The molecule has 0 heterocycles. The quantitative estimate of drug-likeness (QED) is 0.796. The molecule has 0 aliphatic carbocycles. The van der Waals surface area contributed by atoms with Crippen molar-refractivity contribution < 1.29 is 8.42 Å². The van der Waals surface area contributed by atoms with Gasteiger partial charge in [-0.2, -0.15) is 0 Å². The molecule has 1 rings (SSSR count). The molecular weight excluding hydrogens is 279 g/mol. The summed E-state index contributed by atoms with van der Waals surface area (Å²) in [4.78, 5) is 0.0711. The van der Waals surface area contributed by atoms with Gasteiger partial charge in [0.25, 0.3) is 0 Å². The van der Waals surface area contributed by atoms with Gasteiger partial charge in [-0.1, -0.05) is 23.2 Å². The number of benzene rings is 1. The van der Waals surface area contributed by atoms with E-state index in [4.69, 9.17) is 34.8 Å². The summed E-state index contributed by atoms with van der Waals surface area (Å²) in [5.41, 5.74) is 0. The third-order valence-electron chi connectivity index (χ3n) is 1.78. The van der Waals surface area contributed by atoms with Crippen LogP contribution >= 0.6 is 34.8 Å². The van der Waals surface area contributed by atoms with Crippen LogP contribution in [0.3, 0.4) is 0 Å². The van der Waals surface area contributed by atoms with Crippen molar-refractivity contribution in [3.8, 4) is 0 Å². The SMILES string of the molecule is O=S(=O)(CCCCl)c1cc(Cl)ccc1Cl. The van der Waals surface area contributed by atoms with E-state index in [1.165, 1.54) is 12.1 Å². The molecule has 0 amide bonds. The molecule has 0 bridgehead atoms. The Kier molecular flexibility index (Phi) is 4.71. The lowest BCUT2D eigenvalue weighted by Gasteiger charge is -2.05. The van der Waals surface area contributed by atoms with Crippen molar-refractivity contribution >= 4 is 44.6 Å². The lowest BCUT2D eigenvalue weighted by molar-refractivity contribution is 0.595. The van der Waals surface area contributed by atoms with E-state index in [0.717, 1.165) is 0 Å². The van der Waals surface area contributed by atoms with Gasteiger partial charge in [-0.3, -0.25) is 0 Å². The van der Waals surface area contributed by atoms with E-state index in [-0.39, 0.29) is 15.7 Å². The molecule has 0 unspecified atom stereocenters. The highest BCUT2D eigenvalue weighted by molar-refractivity contribution is 7.91. The van der Waals surface area contributed by atoms with Gasteiger partial charge in [0, 0.05) is 10.9 Å². The molecular formula is C9H9Cl3O2S. The predicted molar refractivity (Wildman–Crippen MR) is 63.9 cm³/mol. The highest BCUT2D eigenvalue weighted by Crippen LogP contribution is 2.26. The Labute approximate surface area is 104 Å². The van der Waals surface area contributed by atoms with Gasteiger partial charge in [0.05, 0.1) is 15.7 Å². The normalized spacial score (nSPS) is 11.7. The Morgan fingerprint density at radius 2 is 1.87 bits per heavy atom. The van der Waals surface area contributed by atoms with Crippen LogP contribution in [0.2, 0.25) is 10.0 Å². The fourth-order valence-corrected chi connectivity index (χ4v) is 3.49. The van der Waals surface area contributed by atoms with Crippen LogP contribution in [0.1, 0.15) is 6.42 Å². The van der Waals surface area contributed by atoms with Crippen LogP contribution < -0.4 is 0 Å². The average molecular weight is 288 g/mol. The molecule has 0 atom stereocenters. The molecule has 15 heavy (non-hydrogen) atoms. The third kappa shape index (κ3) is 3.52. The molecule has 0 saturated heterocycles. The maximum Gasteiger partial charge on any atom is 0.179 e. The summed E-state index contributed by atoms with van der Waals surface area (Å²) in [7, 11) is -3.38. The summed E-state index contributed by atoms with van der Waals surface area (Å²) in [6, 6.07) is 4.37. The number of hydrogen-bond acceptors (Lipinski definition) is 2. The van der Waals surface area contributed by atoms with E-state index in [1.54, 1.807) is 6.07 Å². The maximum atomic E-state index is 11.8. The topological polar surface area (TPSA) is 34.1 Å². The first kappa shape index (κ1) is 13.1. The first-order valence-corrected chi connectivity index (χ1v) is 7.15. The molecule has 1 aromatic carbocycles. The molecule has 0 spiro atoms. The molecule has 2 nitrogen and oxygen atoms in total. The molecule has 0 aliphatic heterocycles. The fourth-order valence-electron chi connectivity index (χ4n) is 1.07. The molecule has 0 saturated carbocycles. The Balaban J connectivity index is 3.09. The van der Waals surface area contributed by atoms with Gasteiger partial charge in [-0.05, 0) is 24.6 Å². The second-order valence-corrected chi connectivity index (χ2v) is 6.24. The van der Waals surface area contributed by atoms with Gasteiger partial charge in [0.2, 0.25) is 0 Å². The first-order chi connectivity index (χ1) is 6.97. The Bertz CT molecular complexity index is 443. The van der Waals surface area contributed by atoms with Crippen LogP contribution in [-0.2, 0) is 9.84 Å². The van der Waals surface area contributed by atoms with Gasteiger partial charge in [-0.25, -0.2) is 8.42 Å². The summed E-state index contributed by atoms with van der Waals surface area (Å²) in [6.07, 6.45) is 0.396. The van der Waals surface area contributed by atoms with Crippen molar-refractivity contribution in [3.05, 3.63) is 28.2 Å². The Morgan fingerprint density at radius 3 is 2.47 bits per heavy atom. The standard InChI is InChI=1S/C9H9Cl3O2S/c10-4-1-5-15(13,14)9-6-7(11)2-3-8(9)12/h2-3,6H,1,4-5H2. The maximum absolute atomic E-state index is 11.8. The van der Waals surface area contributed by atoms with E-state index in [9.17, 15) is 8.42 Å². The van der Waals surface area contributed by atoms with Crippen molar-refractivity contribution in [2.45, 2.75) is 11.3 Å². The van der Waals surface area contributed by atoms with Crippen LogP contribution in [-0.4, -0.2) is 20.1 Å². The summed E-state index contributed by atoms with van der Waals surface area (Å²) >= 11 is 16.9. The Morgan fingerprint density at radius 1 is 1.20 bits per heavy atom. The van der Waals surface area contributed by atoms with Crippen molar-refractivity contribution in [1.29, 1.82) is 0 Å². The van der Waals surface area contributed by atoms with Crippen molar-refractivity contribution in [2.75, 3.05) is 11.6 Å². The van der Waals surface area contributed by atoms with Crippen LogP contribution in [0.15, 0.2) is 23.1 Å². The number of halogens is 3. The summed E-state index contributed by atoms with van der Waals surface area (Å²) < 4.78 is 23.5. The van der Waals surface area contributed by atoms with Gasteiger partial charge < -0.3 is 0 Å². The van der Waals surface area contributed by atoms with Gasteiger partial charge in [0.1, 0.15) is 0 Å². The van der Waals surface area contributed by atoms with E-state index >= 15 is 0 Å². The van der Waals surface area contributed by atoms with Crippen LogP contribution in [0.25, 0.3) is 0 Å². The predicted octanol–water partition coefficient (Wildman–Crippen LogP) is 3.40. The van der Waals surface area contributed by atoms with Crippen LogP contribution in [0, 0.1) is 0 Å². The second kappa shape index (κ2) is 5.39. The molecule has 0 radical (unpaired) electrons. The number of alkyl halides is 1. The third-order valence-corrected chi connectivity index (χ3v) is 4.55. The van der Waals surface area contributed by atoms with E-state index in [0.29, 0.717) is 17.3 Å². The lowest BCUT2D eigenvalue weighted by atomic mass is 10.4. The van der Waals surface area contributed by atoms with Crippen LogP contribution in [0.4, 0.5) is 0 Å². The van der Waals surface area contributed by atoms with Crippen molar-refractivity contribution in [2.24, 2.45) is 0 Å². The molecule has 1 aromatic rings. The Hall–Kier alpha value is 0.0400. The fraction of sp³-hybridized carbons (Fsp3) is 0.333. The monoisotopic (exact) mass is 286 g/mol. The van der Waals surface area contributed by atoms with Gasteiger partial charge in [-0.15, -0.1) is 11.6 Å². The zero-order valence-electron chi connectivity index (χ0n) is 7.71. The van der Waals surface area contributed by atoms with Crippen LogP contribution in [0.5, 0.6) is 0 Å². The van der Waals surface area contributed by atoms with E-state index < -0.39 is 9.84 Å². The number of hydrogen-bond donors (Lipinski definition) is 0. The molecule has 0 N–H and O–H groups in total. The molecule has 0 aliphatic rings.